The van der Waals surface area contributed by atoms with E-state index in [2.05, 4.69) is 36.3 Å². The summed E-state index contributed by atoms with van der Waals surface area (Å²) in [5, 5.41) is 16.5. The lowest BCUT2D eigenvalue weighted by molar-refractivity contribution is 0.529. The summed E-state index contributed by atoms with van der Waals surface area (Å²) >= 11 is 6.34. The third-order valence-corrected chi connectivity index (χ3v) is 4.95. The van der Waals surface area contributed by atoms with Crippen LogP contribution in [0.2, 0.25) is 0 Å². The van der Waals surface area contributed by atoms with Crippen molar-refractivity contribution in [2.75, 3.05) is 5.84 Å². The second kappa shape index (κ2) is 5.54. The average Bonchev–Trinajstić information content (AvgIpc) is 3.12. The van der Waals surface area contributed by atoms with Gasteiger partial charge in [0.25, 0.3) is 5.89 Å². The van der Waals surface area contributed by atoms with Crippen LogP contribution in [0.5, 0.6) is 0 Å². The number of aryl methyl sites for hydroxylation is 1. The van der Waals surface area contributed by atoms with Crippen LogP contribution in [0.1, 0.15) is 11.7 Å². The Labute approximate surface area is 130 Å². The van der Waals surface area contributed by atoms with Crippen LogP contribution in [-0.4, -0.2) is 25.1 Å². The molecular formula is C10H9BrN6OS2. The quantitative estimate of drug-likeness (QED) is 0.554. The Hall–Kier alpha value is -1.39. The Morgan fingerprint density at radius 1 is 1.35 bits per heavy atom. The summed E-state index contributed by atoms with van der Waals surface area (Å²) in [7, 11) is 0. The first-order valence-electron chi connectivity index (χ1n) is 5.51. The lowest BCUT2D eigenvalue weighted by atomic mass is 10.5. The fourth-order valence-corrected chi connectivity index (χ4v) is 3.46. The van der Waals surface area contributed by atoms with Gasteiger partial charge in [0.15, 0.2) is 0 Å². The van der Waals surface area contributed by atoms with E-state index in [1.807, 2.05) is 12.1 Å². The largest absolute Gasteiger partial charge is 0.419 e. The summed E-state index contributed by atoms with van der Waals surface area (Å²) in [6, 6.07) is 3.87. The Morgan fingerprint density at radius 3 is 2.85 bits per heavy atom. The fraction of sp³-hybridized carbons (Fsp3) is 0.200. The lowest BCUT2D eigenvalue weighted by Crippen LogP contribution is -2.11. The third kappa shape index (κ3) is 2.72. The average molecular weight is 373 g/mol. The number of halogens is 1. The topological polar surface area (TPSA) is 95.6 Å². The fourth-order valence-electron chi connectivity index (χ4n) is 1.42. The van der Waals surface area contributed by atoms with Crippen LogP contribution in [0.15, 0.2) is 25.5 Å². The first-order valence-corrected chi connectivity index (χ1v) is 8.11. The Kier molecular flexibility index (Phi) is 3.76. The second-order valence-corrected chi connectivity index (χ2v) is 7.20. The molecule has 0 saturated carbocycles. The predicted octanol–water partition coefficient (Wildman–Crippen LogP) is 2.47. The number of hydrogen-bond acceptors (Lipinski definition) is 8. The van der Waals surface area contributed by atoms with Crippen LogP contribution in [-0.2, 0) is 5.75 Å². The van der Waals surface area contributed by atoms with E-state index in [4.69, 9.17) is 10.3 Å². The molecule has 3 aromatic heterocycles. The van der Waals surface area contributed by atoms with Gasteiger partial charge in [0.05, 0.1) is 14.4 Å². The molecule has 0 aliphatic carbocycles. The van der Waals surface area contributed by atoms with Gasteiger partial charge < -0.3 is 10.3 Å². The standard InChI is InChI=1S/C10H9BrN6OS2/c1-5-13-16-10(17(5)12)19-4-8-14-15-9(18-8)6-2-3-7(11)20-6/h2-3H,4,12H2,1H3. The number of thioether (sulfide) groups is 1. The highest BCUT2D eigenvalue weighted by molar-refractivity contribution is 9.11. The van der Waals surface area contributed by atoms with Crippen LogP contribution >= 0.6 is 39.0 Å². The minimum absolute atomic E-state index is 0.495. The van der Waals surface area contributed by atoms with Gasteiger partial charge in [-0.15, -0.1) is 31.7 Å². The molecule has 0 bridgehead atoms. The van der Waals surface area contributed by atoms with Gasteiger partial charge >= 0.3 is 0 Å². The molecule has 0 fully saturated rings. The van der Waals surface area contributed by atoms with Gasteiger partial charge in [-0.05, 0) is 35.0 Å². The third-order valence-electron chi connectivity index (χ3n) is 2.41. The summed E-state index contributed by atoms with van der Waals surface area (Å²) in [5.41, 5.74) is 0. The number of nitrogens with two attached hydrogens (primary N) is 1. The molecule has 10 heteroatoms. The zero-order valence-corrected chi connectivity index (χ0v) is 13.5. The van der Waals surface area contributed by atoms with Crippen LogP contribution in [0.3, 0.4) is 0 Å². The maximum atomic E-state index is 5.77. The first-order chi connectivity index (χ1) is 9.63. The maximum Gasteiger partial charge on any atom is 0.257 e. The molecule has 0 amide bonds. The molecule has 0 spiro atoms. The van der Waals surface area contributed by atoms with Crippen LogP contribution in [0.25, 0.3) is 10.8 Å². The highest BCUT2D eigenvalue weighted by Gasteiger charge is 2.13. The van der Waals surface area contributed by atoms with E-state index in [1.165, 1.54) is 16.4 Å². The van der Waals surface area contributed by atoms with E-state index < -0.39 is 0 Å². The normalized spacial score (nSPS) is 11.1. The summed E-state index contributed by atoms with van der Waals surface area (Å²) in [6.45, 7) is 1.79. The molecule has 3 heterocycles. The molecule has 0 aromatic carbocycles. The zero-order chi connectivity index (χ0) is 14.1. The van der Waals surface area contributed by atoms with Crippen molar-refractivity contribution in [2.24, 2.45) is 0 Å². The van der Waals surface area contributed by atoms with Gasteiger partial charge in [-0.3, -0.25) is 0 Å². The van der Waals surface area contributed by atoms with E-state index >= 15 is 0 Å². The van der Waals surface area contributed by atoms with Crippen LogP contribution in [0, 0.1) is 6.92 Å². The van der Waals surface area contributed by atoms with E-state index in [0.29, 0.717) is 28.5 Å². The molecular weight excluding hydrogens is 364 g/mol. The Balaban J connectivity index is 1.70. The molecule has 20 heavy (non-hydrogen) atoms. The molecule has 3 rings (SSSR count). The van der Waals surface area contributed by atoms with Crippen molar-refractivity contribution in [1.29, 1.82) is 0 Å². The van der Waals surface area contributed by atoms with E-state index in [-0.39, 0.29) is 0 Å². The molecule has 104 valence electrons. The predicted molar refractivity (Wildman–Crippen MR) is 79.8 cm³/mol. The summed E-state index contributed by atoms with van der Waals surface area (Å²) in [4.78, 5) is 0.929. The SMILES string of the molecule is Cc1nnc(SCc2nnc(-c3ccc(Br)s3)o2)n1N. The molecule has 3 aromatic rings. The van der Waals surface area contributed by atoms with Gasteiger partial charge in [0.2, 0.25) is 11.0 Å². The summed E-state index contributed by atoms with van der Waals surface area (Å²) in [6.07, 6.45) is 0. The number of hydrogen-bond donors (Lipinski definition) is 1. The van der Waals surface area contributed by atoms with Crippen LogP contribution < -0.4 is 5.84 Å². The number of thiophene rings is 1. The first kappa shape index (κ1) is 13.6. The number of nitrogen functional groups attached to an aromatic ring is 1. The van der Waals surface area contributed by atoms with E-state index in [1.54, 1.807) is 18.3 Å². The van der Waals surface area contributed by atoms with Crippen molar-refractivity contribution in [1.82, 2.24) is 25.1 Å². The second-order valence-electron chi connectivity index (χ2n) is 3.79. The maximum absolute atomic E-state index is 5.77. The summed E-state index contributed by atoms with van der Waals surface area (Å²) in [5.74, 6) is 7.95. The van der Waals surface area contributed by atoms with Crippen molar-refractivity contribution in [2.45, 2.75) is 17.8 Å². The van der Waals surface area contributed by atoms with Gasteiger partial charge in [0, 0.05) is 0 Å². The van der Waals surface area contributed by atoms with Crippen molar-refractivity contribution in [3.8, 4) is 10.8 Å². The highest BCUT2D eigenvalue weighted by Crippen LogP contribution is 2.31. The zero-order valence-electron chi connectivity index (χ0n) is 10.3. The molecule has 0 atom stereocenters. The molecule has 0 unspecified atom stereocenters. The Bertz CT molecular complexity index is 736. The van der Waals surface area contributed by atoms with Crippen LogP contribution in [0.4, 0.5) is 0 Å². The Morgan fingerprint density at radius 2 is 2.20 bits per heavy atom. The van der Waals surface area contributed by atoms with Crippen molar-refractivity contribution in [3.63, 3.8) is 0 Å². The molecule has 0 aliphatic heterocycles. The lowest BCUT2D eigenvalue weighted by Gasteiger charge is -1.98. The van der Waals surface area contributed by atoms with Gasteiger partial charge in [-0.1, -0.05) is 11.8 Å². The van der Waals surface area contributed by atoms with E-state index in [9.17, 15) is 0 Å². The highest BCUT2D eigenvalue weighted by atomic mass is 79.9. The van der Waals surface area contributed by atoms with Gasteiger partial charge in [0.1, 0.15) is 5.82 Å². The smallest absolute Gasteiger partial charge is 0.257 e. The van der Waals surface area contributed by atoms with Crippen molar-refractivity contribution in [3.05, 3.63) is 27.6 Å². The van der Waals surface area contributed by atoms with Gasteiger partial charge in [-0.2, -0.15) is 0 Å². The van der Waals surface area contributed by atoms with E-state index in [0.717, 1.165) is 8.66 Å². The molecule has 0 aliphatic rings. The van der Waals surface area contributed by atoms with Crippen molar-refractivity contribution >= 4 is 39.0 Å². The van der Waals surface area contributed by atoms with Gasteiger partial charge in [-0.25, -0.2) is 4.68 Å². The molecule has 0 saturated heterocycles. The van der Waals surface area contributed by atoms with Crippen molar-refractivity contribution < 1.29 is 4.42 Å². The molecule has 2 N–H and O–H groups in total. The minimum atomic E-state index is 0.495. The molecule has 7 nitrogen and oxygen atoms in total. The minimum Gasteiger partial charge on any atom is -0.419 e. The number of rotatable bonds is 4. The summed E-state index contributed by atoms with van der Waals surface area (Å²) < 4.78 is 8.05. The monoisotopic (exact) mass is 372 g/mol. The molecule has 0 radical (unpaired) electrons. The number of aromatic nitrogens is 5. The number of nitrogens with zero attached hydrogens (tertiary/aromatic N) is 5.